The molecule has 0 spiro atoms. The van der Waals surface area contributed by atoms with Crippen LogP contribution in [-0.4, -0.2) is 12.6 Å². The summed E-state index contributed by atoms with van der Waals surface area (Å²) in [6.07, 6.45) is 12.0. The van der Waals surface area contributed by atoms with Crippen LogP contribution >= 0.6 is 0 Å². The molecule has 0 aromatic carbocycles. The third-order valence-electron chi connectivity index (χ3n) is 5.16. The maximum Gasteiger partial charge on any atom is 0.0124 e. The third kappa shape index (κ3) is 2.61. The monoisotopic (exact) mass is 221 g/mol. The zero-order chi connectivity index (χ0) is 11.0. The van der Waals surface area contributed by atoms with E-state index in [1.54, 1.807) is 0 Å². The van der Waals surface area contributed by atoms with Gasteiger partial charge >= 0.3 is 0 Å². The van der Waals surface area contributed by atoms with Gasteiger partial charge in [-0.1, -0.05) is 26.2 Å². The molecule has 1 heteroatoms. The minimum Gasteiger partial charge on any atom is -0.313 e. The average molecular weight is 221 g/mol. The van der Waals surface area contributed by atoms with Crippen LogP contribution in [0.4, 0.5) is 0 Å². The Kier molecular flexibility index (Phi) is 3.24. The molecule has 1 N–H and O–H groups in total. The normalized spacial score (nSPS) is 35.6. The molecule has 3 aliphatic carbocycles. The van der Waals surface area contributed by atoms with Crippen LogP contribution in [0.3, 0.4) is 0 Å². The minimum atomic E-state index is 0.911. The predicted octanol–water partition coefficient (Wildman–Crippen LogP) is 3.59. The quantitative estimate of drug-likeness (QED) is 0.748. The van der Waals surface area contributed by atoms with Crippen molar-refractivity contribution in [2.24, 2.45) is 23.7 Å². The van der Waals surface area contributed by atoms with Gasteiger partial charge in [-0.05, 0) is 62.3 Å². The van der Waals surface area contributed by atoms with E-state index in [-0.39, 0.29) is 0 Å². The smallest absolute Gasteiger partial charge is 0.0124 e. The van der Waals surface area contributed by atoms with Gasteiger partial charge in [0.15, 0.2) is 0 Å². The fraction of sp³-hybridized carbons (Fsp3) is 1.00. The third-order valence-corrected chi connectivity index (χ3v) is 5.16. The van der Waals surface area contributed by atoms with Crippen LogP contribution in [0.15, 0.2) is 0 Å². The summed E-state index contributed by atoms with van der Waals surface area (Å²) in [6.45, 7) is 3.79. The summed E-state index contributed by atoms with van der Waals surface area (Å²) in [7, 11) is 0. The van der Waals surface area contributed by atoms with E-state index in [4.69, 9.17) is 0 Å². The molecule has 16 heavy (non-hydrogen) atoms. The molecular weight excluding hydrogens is 194 g/mol. The van der Waals surface area contributed by atoms with E-state index in [2.05, 4.69) is 12.2 Å². The van der Waals surface area contributed by atoms with Gasteiger partial charge in [-0.3, -0.25) is 0 Å². The molecule has 1 nitrogen and oxygen atoms in total. The molecule has 0 heterocycles. The maximum atomic E-state index is 3.94. The lowest BCUT2D eigenvalue weighted by molar-refractivity contribution is 0.233. The van der Waals surface area contributed by atoms with Crippen molar-refractivity contribution in [3.05, 3.63) is 0 Å². The predicted molar refractivity (Wildman–Crippen MR) is 68.4 cm³/mol. The molecule has 0 aliphatic heterocycles. The Morgan fingerprint density at radius 2 is 1.56 bits per heavy atom. The molecule has 2 atom stereocenters. The Labute approximate surface area is 100 Å². The Hall–Kier alpha value is -0.0400. The molecule has 0 bridgehead atoms. The molecule has 3 saturated carbocycles. The van der Waals surface area contributed by atoms with Crippen molar-refractivity contribution in [3.8, 4) is 0 Å². The van der Waals surface area contributed by atoms with Gasteiger partial charge in [0.05, 0.1) is 0 Å². The zero-order valence-electron chi connectivity index (χ0n) is 10.8. The fourth-order valence-electron chi connectivity index (χ4n) is 3.61. The summed E-state index contributed by atoms with van der Waals surface area (Å²) in [5, 5.41) is 3.94. The lowest BCUT2D eigenvalue weighted by Gasteiger charge is -2.31. The Bertz CT molecular complexity index is 218. The van der Waals surface area contributed by atoms with Gasteiger partial charge in [0.2, 0.25) is 0 Å². The second-order valence-corrected chi connectivity index (χ2v) is 6.63. The van der Waals surface area contributed by atoms with E-state index in [1.165, 1.54) is 57.9 Å². The van der Waals surface area contributed by atoms with E-state index in [0.717, 1.165) is 29.7 Å². The lowest BCUT2D eigenvalue weighted by atomic mass is 9.80. The number of hydrogen-bond acceptors (Lipinski definition) is 1. The molecule has 2 unspecified atom stereocenters. The maximum absolute atomic E-state index is 3.94. The highest BCUT2D eigenvalue weighted by Crippen LogP contribution is 2.44. The molecule has 0 saturated heterocycles. The molecule has 0 aromatic heterocycles. The van der Waals surface area contributed by atoms with E-state index in [9.17, 15) is 0 Å². The first-order chi connectivity index (χ1) is 7.84. The molecule has 3 aliphatic rings. The van der Waals surface area contributed by atoms with Gasteiger partial charge in [0, 0.05) is 6.04 Å². The molecule has 0 amide bonds. The summed E-state index contributed by atoms with van der Waals surface area (Å²) >= 11 is 0. The van der Waals surface area contributed by atoms with Gasteiger partial charge in [-0.2, -0.15) is 0 Å². The number of nitrogens with one attached hydrogen (secondary N) is 1. The standard InChI is InChI=1S/C15H27N/c1-11-4-2-3-5-14(11)10-16-15(12-6-7-12)13-8-9-13/h11-16H,2-10H2,1H3. The average Bonchev–Trinajstić information content (AvgIpc) is 3.15. The van der Waals surface area contributed by atoms with E-state index in [1.807, 2.05) is 0 Å². The van der Waals surface area contributed by atoms with Crippen LogP contribution < -0.4 is 5.32 Å². The second kappa shape index (κ2) is 4.68. The first kappa shape index (κ1) is 11.1. The summed E-state index contributed by atoms with van der Waals surface area (Å²) < 4.78 is 0. The van der Waals surface area contributed by atoms with Gasteiger partial charge < -0.3 is 5.32 Å². The van der Waals surface area contributed by atoms with Crippen LogP contribution in [0, 0.1) is 23.7 Å². The van der Waals surface area contributed by atoms with Crippen LogP contribution in [0.5, 0.6) is 0 Å². The van der Waals surface area contributed by atoms with E-state index in [0.29, 0.717) is 0 Å². The van der Waals surface area contributed by atoms with Crippen molar-refractivity contribution in [2.75, 3.05) is 6.54 Å². The second-order valence-electron chi connectivity index (χ2n) is 6.63. The van der Waals surface area contributed by atoms with Crippen molar-refractivity contribution in [3.63, 3.8) is 0 Å². The van der Waals surface area contributed by atoms with Crippen molar-refractivity contribution >= 4 is 0 Å². The van der Waals surface area contributed by atoms with Crippen molar-refractivity contribution < 1.29 is 0 Å². The molecule has 0 aromatic rings. The van der Waals surface area contributed by atoms with Gasteiger partial charge in [-0.15, -0.1) is 0 Å². The molecule has 92 valence electrons. The highest BCUT2D eigenvalue weighted by molar-refractivity contribution is 4.96. The van der Waals surface area contributed by atoms with Crippen molar-refractivity contribution in [1.82, 2.24) is 5.32 Å². The molecule has 0 radical (unpaired) electrons. The summed E-state index contributed by atoms with van der Waals surface area (Å²) in [6, 6.07) is 0.911. The first-order valence-electron chi connectivity index (χ1n) is 7.58. The van der Waals surface area contributed by atoms with Crippen molar-refractivity contribution in [2.45, 2.75) is 64.3 Å². The minimum absolute atomic E-state index is 0.911. The van der Waals surface area contributed by atoms with Crippen molar-refractivity contribution in [1.29, 1.82) is 0 Å². The molecular formula is C15H27N. The van der Waals surface area contributed by atoms with E-state index < -0.39 is 0 Å². The highest BCUT2D eigenvalue weighted by Gasteiger charge is 2.41. The Morgan fingerprint density at radius 1 is 0.938 bits per heavy atom. The van der Waals surface area contributed by atoms with Crippen LogP contribution in [0.25, 0.3) is 0 Å². The fourth-order valence-corrected chi connectivity index (χ4v) is 3.61. The van der Waals surface area contributed by atoms with Gasteiger partial charge in [-0.25, -0.2) is 0 Å². The first-order valence-corrected chi connectivity index (χ1v) is 7.58. The summed E-state index contributed by atoms with van der Waals surface area (Å²) in [4.78, 5) is 0. The van der Waals surface area contributed by atoms with Crippen LogP contribution in [0.2, 0.25) is 0 Å². The van der Waals surface area contributed by atoms with Crippen LogP contribution in [0.1, 0.15) is 58.3 Å². The van der Waals surface area contributed by atoms with E-state index >= 15 is 0 Å². The Morgan fingerprint density at radius 3 is 2.12 bits per heavy atom. The lowest BCUT2D eigenvalue weighted by Crippen LogP contribution is -2.39. The topological polar surface area (TPSA) is 12.0 Å². The SMILES string of the molecule is CC1CCCCC1CNC(C1CC1)C1CC1. The van der Waals surface area contributed by atoms with Gasteiger partial charge in [0.1, 0.15) is 0 Å². The van der Waals surface area contributed by atoms with Gasteiger partial charge in [0.25, 0.3) is 0 Å². The largest absolute Gasteiger partial charge is 0.313 e. The zero-order valence-corrected chi connectivity index (χ0v) is 10.8. The molecule has 3 rings (SSSR count). The summed E-state index contributed by atoms with van der Waals surface area (Å²) in [5.74, 6) is 4.08. The number of hydrogen-bond donors (Lipinski definition) is 1. The van der Waals surface area contributed by atoms with Crippen LogP contribution in [-0.2, 0) is 0 Å². The molecule has 3 fully saturated rings. The Balaban J connectivity index is 1.46. The highest BCUT2D eigenvalue weighted by atomic mass is 15.0. The number of rotatable bonds is 5. The summed E-state index contributed by atoms with van der Waals surface area (Å²) in [5.41, 5.74) is 0.